The van der Waals surface area contributed by atoms with E-state index in [4.69, 9.17) is 4.42 Å². The molecular formula is C16H16N2O3S. The third-order valence-corrected chi connectivity index (χ3v) is 4.91. The number of nitrogens with zero attached hydrogens (tertiary/aromatic N) is 1. The molecule has 0 saturated carbocycles. The molecule has 0 amide bonds. The summed E-state index contributed by atoms with van der Waals surface area (Å²) in [7, 11) is -3.63. The van der Waals surface area contributed by atoms with Crippen LogP contribution in [0.25, 0.3) is 11.1 Å². The summed E-state index contributed by atoms with van der Waals surface area (Å²) in [6.45, 7) is 5.46. The Labute approximate surface area is 129 Å². The van der Waals surface area contributed by atoms with Crippen molar-refractivity contribution in [2.24, 2.45) is 0 Å². The Morgan fingerprint density at radius 2 is 1.82 bits per heavy atom. The molecule has 114 valence electrons. The molecule has 0 bridgehead atoms. The minimum Gasteiger partial charge on any atom is -0.441 e. The monoisotopic (exact) mass is 316 g/mol. The van der Waals surface area contributed by atoms with Gasteiger partial charge in [-0.25, -0.2) is 13.4 Å². The Hall–Kier alpha value is -2.34. The average molecular weight is 316 g/mol. The number of oxazole rings is 1. The molecule has 0 saturated heterocycles. The minimum atomic E-state index is -3.63. The fourth-order valence-electron chi connectivity index (χ4n) is 2.42. The molecule has 6 heteroatoms. The molecule has 0 fully saturated rings. The molecule has 3 rings (SSSR count). The van der Waals surface area contributed by atoms with Crippen LogP contribution in [-0.4, -0.2) is 13.4 Å². The second-order valence-corrected chi connectivity index (χ2v) is 6.94. The van der Waals surface area contributed by atoms with Gasteiger partial charge in [0, 0.05) is 6.92 Å². The van der Waals surface area contributed by atoms with Crippen molar-refractivity contribution in [3.8, 4) is 0 Å². The number of anilines is 1. The van der Waals surface area contributed by atoms with Gasteiger partial charge < -0.3 is 4.42 Å². The summed E-state index contributed by atoms with van der Waals surface area (Å²) in [5.41, 5.74) is 3.45. The minimum absolute atomic E-state index is 0.273. The van der Waals surface area contributed by atoms with Crippen molar-refractivity contribution in [2.45, 2.75) is 25.7 Å². The highest BCUT2D eigenvalue weighted by Crippen LogP contribution is 2.23. The number of fused-ring (bicyclic) bond motifs is 1. The van der Waals surface area contributed by atoms with Gasteiger partial charge in [0.2, 0.25) is 0 Å². The first-order valence-electron chi connectivity index (χ1n) is 6.82. The fourth-order valence-corrected chi connectivity index (χ4v) is 3.69. The van der Waals surface area contributed by atoms with Crippen molar-refractivity contribution in [1.29, 1.82) is 0 Å². The first-order valence-corrected chi connectivity index (χ1v) is 8.31. The lowest BCUT2D eigenvalue weighted by Crippen LogP contribution is -2.14. The number of nitrogens with one attached hydrogen (secondary N) is 1. The van der Waals surface area contributed by atoms with E-state index in [0.717, 1.165) is 5.56 Å². The first kappa shape index (κ1) is 14.6. The maximum Gasteiger partial charge on any atom is 0.262 e. The van der Waals surface area contributed by atoms with Gasteiger partial charge in [0.15, 0.2) is 11.5 Å². The predicted molar refractivity (Wildman–Crippen MR) is 85.5 cm³/mol. The molecule has 22 heavy (non-hydrogen) atoms. The lowest BCUT2D eigenvalue weighted by Gasteiger charge is -2.10. The summed E-state index contributed by atoms with van der Waals surface area (Å²) < 4.78 is 33.0. The second kappa shape index (κ2) is 5.14. The fraction of sp³-hybridized carbons (Fsp3) is 0.188. The molecule has 0 aliphatic carbocycles. The maximum atomic E-state index is 12.5. The van der Waals surface area contributed by atoms with Crippen molar-refractivity contribution < 1.29 is 12.8 Å². The van der Waals surface area contributed by atoms with Crippen LogP contribution in [0.2, 0.25) is 0 Å². The molecule has 3 aromatic rings. The number of rotatable bonds is 3. The summed E-state index contributed by atoms with van der Waals surface area (Å²) >= 11 is 0. The Morgan fingerprint density at radius 3 is 2.55 bits per heavy atom. The standard InChI is InChI=1S/C16H16N2O3S/c1-10-4-7-16(11(2)8-10)22(19,20)18-13-5-6-15-14(9-13)17-12(3)21-15/h4-9,18H,1-3H3. The SMILES string of the molecule is Cc1ccc(S(=O)(=O)Nc2ccc3oc(C)nc3c2)c(C)c1. The second-order valence-electron chi connectivity index (χ2n) is 5.29. The van der Waals surface area contributed by atoms with E-state index in [0.29, 0.717) is 28.2 Å². The van der Waals surface area contributed by atoms with Gasteiger partial charge >= 0.3 is 0 Å². The van der Waals surface area contributed by atoms with E-state index in [9.17, 15) is 8.42 Å². The average Bonchev–Trinajstić information content (AvgIpc) is 2.77. The van der Waals surface area contributed by atoms with Crippen molar-refractivity contribution in [3.05, 3.63) is 53.4 Å². The van der Waals surface area contributed by atoms with Crippen LogP contribution in [0.4, 0.5) is 5.69 Å². The lowest BCUT2D eigenvalue weighted by molar-refractivity contribution is 0.561. The summed E-state index contributed by atoms with van der Waals surface area (Å²) in [5, 5.41) is 0. The molecular weight excluding hydrogens is 300 g/mol. The maximum absolute atomic E-state index is 12.5. The highest BCUT2D eigenvalue weighted by molar-refractivity contribution is 7.92. The van der Waals surface area contributed by atoms with Gasteiger partial charge in [0.25, 0.3) is 10.0 Å². The normalized spacial score (nSPS) is 11.8. The zero-order chi connectivity index (χ0) is 15.9. The van der Waals surface area contributed by atoms with Crippen LogP contribution in [0.5, 0.6) is 0 Å². The molecule has 1 aromatic heterocycles. The molecule has 1 heterocycles. The van der Waals surface area contributed by atoms with Gasteiger partial charge in [-0.15, -0.1) is 0 Å². The number of hydrogen-bond donors (Lipinski definition) is 1. The molecule has 0 spiro atoms. The smallest absolute Gasteiger partial charge is 0.262 e. The highest BCUT2D eigenvalue weighted by Gasteiger charge is 2.17. The predicted octanol–water partition coefficient (Wildman–Crippen LogP) is 3.55. The van der Waals surface area contributed by atoms with Gasteiger partial charge in [-0.3, -0.25) is 4.72 Å². The molecule has 1 N–H and O–H groups in total. The van der Waals surface area contributed by atoms with Crippen molar-refractivity contribution >= 4 is 26.8 Å². The summed E-state index contributed by atoms with van der Waals surface area (Å²) in [5.74, 6) is 0.546. The van der Waals surface area contributed by atoms with Gasteiger partial charge in [-0.1, -0.05) is 17.7 Å². The molecule has 0 radical (unpaired) electrons. The Bertz CT molecular complexity index is 959. The molecule has 2 aromatic carbocycles. The first-order chi connectivity index (χ1) is 10.3. The molecule has 0 unspecified atom stereocenters. The van der Waals surface area contributed by atoms with Crippen LogP contribution >= 0.6 is 0 Å². The lowest BCUT2D eigenvalue weighted by atomic mass is 10.2. The van der Waals surface area contributed by atoms with Crippen LogP contribution in [0.1, 0.15) is 17.0 Å². The largest absolute Gasteiger partial charge is 0.441 e. The number of hydrogen-bond acceptors (Lipinski definition) is 4. The zero-order valence-electron chi connectivity index (χ0n) is 12.5. The number of sulfonamides is 1. The van der Waals surface area contributed by atoms with E-state index < -0.39 is 10.0 Å². The van der Waals surface area contributed by atoms with E-state index in [1.54, 1.807) is 44.2 Å². The summed E-state index contributed by atoms with van der Waals surface area (Å²) in [4.78, 5) is 4.48. The highest BCUT2D eigenvalue weighted by atomic mass is 32.2. The van der Waals surface area contributed by atoms with E-state index >= 15 is 0 Å². The third-order valence-electron chi connectivity index (χ3n) is 3.37. The number of aromatic nitrogens is 1. The third kappa shape index (κ3) is 2.69. The van der Waals surface area contributed by atoms with Crippen LogP contribution < -0.4 is 4.72 Å². The van der Waals surface area contributed by atoms with Crippen LogP contribution in [0, 0.1) is 20.8 Å². The number of benzene rings is 2. The van der Waals surface area contributed by atoms with Gasteiger partial charge in [-0.2, -0.15) is 0 Å². The van der Waals surface area contributed by atoms with Gasteiger partial charge in [0.05, 0.1) is 10.6 Å². The molecule has 0 aliphatic rings. The Balaban J connectivity index is 1.98. The number of aryl methyl sites for hydroxylation is 3. The quantitative estimate of drug-likeness (QED) is 0.802. The molecule has 0 aliphatic heterocycles. The van der Waals surface area contributed by atoms with E-state index in [1.165, 1.54) is 0 Å². The van der Waals surface area contributed by atoms with Crippen molar-refractivity contribution in [3.63, 3.8) is 0 Å². The molecule has 0 atom stereocenters. The Morgan fingerprint density at radius 1 is 1.05 bits per heavy atom. The zero-order valence-corrected chi connectivity index (χ0v) is 13.4. The van der Waals surface area contributed by atoms with Crippen molar-refractivity contribution in [2.75, 3.05) is 4.72 Å². The Kier molecular flexibility index (Phi) is 3.41. The van der Waals surface area contributed by atoms with E-state index in [2.05, 4.69) is 9.71 Å². The summed E-state index contributed by atoms with van der Waals surface area (Å²) in [6, 6.07) is 10.3. The van der Waals surface area contributed by atoms with Crippen LogP contribution in [-0.2, 0) is 10.0 Å². The molecule has 5 nitrogen and oxygen atoms in total. The van der Waals surface area contributed by atoms with Gasteiger partial charge in [0.1, 0.15) is 5.52 Å². The van der Waals surface area contributed by atoms with Crippen LogP contribution in [0.3, 0.4) is 0 Å². The van der Waals surface area contributed by atoms with Crippen molar-refractivity contribution in [1.82, 2.24) is 4.98 Å². The summed E-state index contributed by atoms with van der Waals surface area (Å²) in [6.07, 6.45) is 0. The van der Waals surface area contributed by atoms with Crippen LogP contribution in [0.15, 0.2) is 45.7 Å². The van der Waals surface area contributed by atoms with Gasteiger partial charge in [-0.05, 0) is 43.7 Å². The van der Waals surface area contributed by atoms with E-state index in [-0.39, 0.29) is 4.90 Å². The topological polar surface area (TPSA) is 72.2 Å². The van der Waals surface area contributed by atoms with E-state index in [1.807, 2.05) is 13.0 Å².